The second-order valence-corrected chi connectivity index (χ2v) is 7.26. The Morgan fingerprint density at radius 1 is 0.733 bits per heavy atom. The first-order valence-corrected chi connectivity index (χ1v) is 9.36. The highest BCUT2D eigenvalue weighted by Gasteiger charge is 2.38. The van der Waals surface area contributed by atoms with Gasteiger partial charge in [-0.25, -0.2) is 17.6 Å². The molecule has 1 aliphatic rings. The van der Waals surface area contributed by atoms with Crippen molar-refractivity contribution in [3.8, 4) is 16.9 Å². The van der Waals surface area contributed by atoms with Crippen LogP contribution >= 0.6 is 0 Å². The van der Waals surface area contributed by atoms with Crippen LogP contribution in [0.1, 0.15) is 36.3 Å². The molecule has 1 aliphatic carbocycles. The van der Waals surface area contributed by atoms with E-state index in [1.807, 2.05) is 12.1 Å². The molecule has 0 heterocycles. The van der Waals surface area contributed by atoms with Gasteiger partial charge in [-0.2, -0.15) is 8.78 Å². The number of hydrogen-bond donors (Lipinski definition) is 0. The highest BCUT2D eigenvalue weighted by Crippen LogP contribution is 2.38. The van der Waals surface area contributed by atoms with E-state index in [1.54, 1.807) is 12.1 Å². The maximum Gasteiger partial charge on any atom is 0.429 e. The molecule has 30 heavy (non-hydrogen) atoms. The molecule has 1 saturated carbocycles. The molecule has 1 nitrogen and oxygen atoms in total. The SMILES string of the molecule is Fc1cc(-c2ccc(C3CCC3)cc2)ccc1C(F)(F)Oc1cc(F)c(F)c(F)c1. The molecule has 0 saturated heterocycles. The van der Waals surface area contributed by atoms with Crippen LogP contribution in [0.5, 0.6) is 5.75 Å². The van der Waals surface area contributed by atoms with Crippen molar-refractivity contribution in [3.05, 3.63) is 89.0 Å². The Kier molecular flexibility index (Phi) is 5.22. The monoisotopic (exact) mass is 422 g/mol. The summed E-state index contributed by atoms with van der Waals surface area (Å²) in [7, 11) is 0. The number of alkyl halides is 2. The topological polar surface area (TPSA) is 9.23 Å². The summed E-state index contributed by atoms with van der Waals surface area (Å²) in [6.45, 7) is 0. The van der Waals surface area contributed by atoms with Gasteiger partial charge >= 0.3 is 6.11 Å². The van der Waals surface area contributed by atoms with E-state index in [0.717, 1.165) is 25.0 Å². The van der Waals surface area contributed by atoms with Crippen molar-refractivity contribution in [2.24, 2.45) is 0 Å². The quantitative estimate of drug-likeness (QED) is 0.310. The number of halogens is 6. The van der Waals surface area contributed by atoms with Gasteiger partial charge in [0.2, 0.25) is 0 Å². The van der Waals surface area contributed by atoms with Crippen molar-refractivity contribution in [3.63, 3.8) is 0 Å². The molecule has 0 aliphatic heterocycles. The smallest absolute Gasteiger partial charge is 0.429 e. The Morgan fingerprint density at radius 2 is 1.33 bits per heavy atom. The number of hydrogen-bond acceptors (Lipinski definition) is 1. The van der Waals surface area contributed by atoms with Crippen LogP contribution in [0.4, 0.5) is 26.3 Å². The minimum atomic E-state index is -4.23. The Bertz CT molecular complexity index is 1050. The van der Waals surface area contributed by atoms with Crippen molar-refractivity contribution < 1.29 is 31.1 Å². The molecule has 0 aromatic heterocycles. The standard InChI is InChI=1S/C23H16F6O/c24-19-10-16(15-6-4-14(5-7-15)13-2-1-3-13)8-9-18(19)23(28,29)30-17-11-20(25)22(27)21(26)12-17/h4-13H,1-3H2. The van der Waals surface area contributed by atoms with E-state index in [2.05, 4.69) is 4.74 Å². The van der Waals surface area contributed by atoms with Crippen LogP contribution in [0, 0.1) is 23.3 Å². The maximum atomic E-state index is 14.5. The predicted molar refractivity (Wildman–Crippen MR) is 99.3 cm³/mol. The van der Waals surface area contributed by atoms with Crippen LogP contribution in [0.15, 0.2) is 54.6 Å². The molecule has 0 spiro atoms. The lowest BCUT2D eigenvalue weighted by Gasteiger charge is -2.25. The minimum Gasteiger partial charge on any atom is -0.429 e. The van der Waals surface area contributed by atoms with Gasteiger partial charge in [-0.1, -0.05) is 36.8 Å². The van der Waals surface area contributed by atoms with Gasteiger partial charge < -0.3 is 4.74 Å². The fourth-order valence-electron chi connectivity index (χ4n) is 3.41. The van der Waals surface area contributed by atoms with E-state index in [1.165, 1.54) is 18.1 Å². The van der Waals surface area contributed by atoms with Crippen LogP contribution in [0.2, 0.25) is 0 Å². The Labute approximate surface area is 168 Å². The van der Waals surface area contributed by atoms with E-state index in [-0.39, 0.29) is 12.1 Å². The molecule has 4 rings (SSSR count). The highest BCUT2D eigenvalue weighted by molar-refractivity contribution is 5.64. The van der Waals surface area contributed by atoms with Crippen molar-refractivity contribution in [2.45, 2.75) is 31.3 Å². The van der Waals surface area contributed by atoms with Gasteiger partial charge in [0.1, 0.15) is 11.6 Å². The lowest BCUT2D eigenvalue weighted by Crippen LogP contribution is -2.23. The average Bonchev–Trinajstić information content (AvgIpc) is 2.64. The normalized spacial score (nSPS) is 14.5. The molecule has 0 N–H and O–H groups in total. The molecule has 0 atom stereocenters. The fourth-order valence-corrected chi connectivity index (χ4v) is 3.41. The summed E-state index contributed by atoms with van der Waals surface area (Å²) in [5.74, 6) is -6.88. The number of rotatable bonds is 5. The van der Waals surface area contributed by atoms with E-state index in [9.17, 15) is 26.3 Å². The first kappa shape index (κ1) is 20.3. The second kappa shape index (κ2) is 7.70. The number of ether oxygens (including phenoxy) is 1. The molecule has 3 aromatic rings. The van der Waals surface area contributed by atoms with Crippen molar-refractivity contribution >= 4 is 0 Å². The molecule has 0 radical (unpaired) electrons. The molecular weight excluding hydrogens is 406 g/mol. The third-order valence-electron chi connectivity index (χ3n) is 5.31. The zero-order valence-electron chi connectivity index (χ0n) is 15.6. The summed E-state index contributed by atoms with van der Waals surface area (Å²) in [6.07, 6.45) is -0.751. The third-order valence-corrected chi connectivity index (χ3v) is 5.31. The largest absolute Gasteiger partial charge is 0.429 e. The summed E-state index contributed by atoms with van der Waals surface area (Å²) in [5.41, 5.74) is 1.14. The predicted octanol–water partition coefficient (Wildman–Crippen LogP) is 7.31. The Hall–Kier alpha value is -2.96. The fraction of sp³-hybridized carbons (Fsp3) is 0.217. The number of benzene rings is 3. The lowest BCUT2D eigenvalue weighted by molar-refractivity contribution is -0.187. The molecular formula is C23H16F6O. The van der Waals surface area contributed by atoms with Crippen molar-refractivity contribution in [1.29, 1.82) is 0 Å². The lowest BCUT2D eigenvalue weighted by atomic mass is 9.80. The summed E-state index contributed by atoms with van der Waals surface area (Å²) in [6, 6.07) is 11.1. The maximum absolute atomic E-state index is 14.5. The first-order chi connectivity index (χ1) is 14.2. The molecule has 0 bridgehead atoms. The Morgan fingerprint density at radius 3 is 1.87 bits per heavy atom. The van der Waals surface area contributed by atoms with Crippen molar-refractivity contribution in [2.75, 3.05) is 0 Å². The van der Waals surface area contributed by atoms with Crippen LogP contribution in [0.25, 0.3) is 11.1 Å². The van der Waals surface area contributed by atoms with Crippen LogP contribution < -0.4 is 4.74 Å². The van der Waals surface area contributed by atoms with Gasteiger partial charge in [-0.3, -0.25) is 0 Å². The molecule has 1 fully saturated rings. The van der Waals surface area contributed by atoms with Crippen molar-refractivity contribution in [1.82, 2.24) is 0 Å². The third kappa shape index (κ3) is 3.88. The zero-order chi connectivity index (χ0) is 21.5. The van der Waals surface area contributed by atoms with Gasteiger partial charge in [-0.05, 0) is 47.6 Å². The van der Waals surface area contributed by atoms with E-state index < -0.39 is 40.7 Å². The molecule has 0 amide bonds. The van der Waals surface area contributed by atoms with Gasteiger partial charge in [0.25, 0.3) is 0 Å². The van der Waals surface area contributed by atoms with Crippen LogP contribution in [0.3, 0.4) is 0 Å². The van der Waals surface area contributed by atoms with Crippen LogP contribution in [-0.2, 0) is 6.11 Å². The Balaban J connectivity index is 1.57. The van der Waals surface area contributed by atoms with Gasteiger partial charge in [0.05, 0.1) is 5.56 Å². The molecule has 0 unspecified atom stereocenters. The summed E-state index contributed by atoms with van der Waals surface area (Å²) in [4.78, 5) is 0. The molecule has 7 heteroatoms. The van der Waals surface area contributed by atoms with Crippen LogP contribution in [-0.4, -0.2) is 0 Å². The van der Waals surface area contributed by atoms with Gasteiger partial charge in [-0.15, -0.1) is 0 Å². The summed E-state index contributed by atoms with van der Waals surface area (Å²) >= 11 is 0. The van der Waals surface area contributed by atoms with E-state index in [4.69, 9.17) is 0 Å². The van der Waals surface area contributed by atoms with Gasteiger partial charge in [0, 0.05) is 12.1 Å². The highest BCUT2D eigenvalue weighted by atomic mass is 19.3. The average molecular weight is 422 g/mol. The molecule has 156 valence electrons. The first-order valence-electron chi connectivity index (χ1n) is 9.36. The summed E-state index contributed by atoms with van der Waals surface area (Å²) in [5, 5.41) is 0. The zero-order valence-corrected chi connectivity index (χ0v) is 15.6. The second-order valence-electron chi connectivity index (χ2n) is 7.26. The summed E-state index contributed by atoms with van der Waals surface area (Å²) < 4.78 is 86.9. The minimum absolute atomic E-state index is 0.266. The molecule has 3 aromatic carbocycles. The van der Waals surface area contributed by atoms with E-state index >= 15 is 0 Å². The van der Waals surface area contributed by atoms with Gasteiger partial charge in [0.15, 0.2) is 17.5 Å². The van der Waals surface area contributed by atoms with E-state index in [0.29, 0.717) is 17.0 Å².